The highest BCUT2D eigenvalue weighted by atomic mass is 28.3. The average Bonchev–Trinajstić information content (AvgIpc) is 3.46. The minimum Gasteiger partial charge on any atom is -0.378 e. The first-order valence-electron chi connectivity index (χ1n) is 15.3. The number of anilines is 3. The Morgan fingerprint density at radius 2 is 1.45 bits per heavy atom. The predicted octanol–water partition coefficient (Wildman–Crippen LogP) is 6.81. The maximum atomic E-state index is 2.78. The molecule has 4 aliphatic rings. The largest absolute Gasteiger partial charge is 0.378 e. The third-order valence-corrected chi connectivity index (χ3v) is 14.4. The van der Waals surface area contributed by atoms with Crippen molar-refractivity contribution in [3.63, 3.8) is 0 Å². The van der Waals surface area contributed by atoms with Gasteiger partial charge in [0, 0.05) is 50.2 Å². The smallest absolute Gasteiger partial charge is 0.332 e. The molecule has 4 heterocycles. The molecule has 0 saturated heterocycles. The summed E-state index contributed by atoms with van der Waals surface area (Å²) in [7, 11) is -1.93. The molecule has 0 amide bonds. The molecule has 1 aromatic heterocycles. The molecule has 0 N–H and O–H groups in total. The summed E-state index contributed by atoms with van der Waals surface area (Å²) in [5.41, 5.74) is 18.2. The number of hydrogen-bond donors (Lipinski definition) is 0. The van der Waals surface area contributed by atoms with Crippen LogP contribution in [0.2, 0.25) is 13.1 Å². The zero-order valence-corrected chi connectivity index (χ0v) is 25.7. The quantitative estimate of drug-likeness (QED) is 0.187. The Morgan fingerprint density at radius 1 is 0.714 bits per heavy atom. The highest BCUT2D eigenvalue weighted by molar-refractivity contribution is 7.04. The molecule has 0 unspecified atom stereocenters. The van der Waals surface area contributed by atoms with Crippen molar-refractivity contribution in [3.05, 3.63) is 114 Å². The van der Waals surface area contributed by atoms with Gasteiger partial charge in [-0.05, 0) is 62.6 Å². The molecule has 5 aromatic carbocycles. The van der Waals surface area contributed by atoms with Crippen molar-refractivity contribution < 1.29 is 0 Å². The molecule has 0 saturated carbocycles. The van der Waals surface area contributed by atoms with Crippen LogP contribution in [0.15, 0.2) is 97.1 Å². The Labute approximate surface area is 248 Å². The first-order valence-corrected chi connectivity index (χ1v) is 18.3. The second-order valence-electron chi connectivity index (χ2n) is 13.8. The van der Waals surface area contributed by atoms with Crippen molar-refractivity contribution >= 4 is 64.2 Å². The Kier molecular flexibility index (Phi) is 3.99. The second kappa shape index (κ2) is 7.19. The van der Waals surface area contributed by atoms with Crippen LogP contribution in [0.25, 0.3) is 33.2 Å². The Morgan fingerprint density at radius 3 is 2.33 bits per heavy atom. The monoisotopic (exact) mass is 554 g/mol. The van der Waals surface area contributed by atoms with Crippen molar-refractivity contribution in [2.75, 3.05) is 4.90 Å². The minimum absolute atomic E-state index is 0.100. The van der Waals surface area contributed by atoms with E-state index in [1.165, 1.54) is 83.2 Å². The van der Waals surface area contributed by atoms with Crippen LogP contribution >= 0.6 is 0 Å². The number of nitrogens with zero attached hydrogens (tertiary/aromatic N) is 2. The normalized spacial score (nSPS) is 17.0. The van der Waals surface area contributed by atoms with E-state index in [0.29, 0.717) is 0 Å². The Bertz CT molecular complexity index is 2240. The van der Waals surface area contributed by atoms with Crippen LogP contribution < -0.4 is 26.2 Å². The maximum absolute atomic E-state index is 2.78. The lowest BCUT2D eigenvalue weighted by Crippen LogP contribution is -2.65. The van der Waals surface area contributed by atoms with Gasteiger partial charge in [0.2, 0.25) is 0 Å². The fourth-order valence-electron chi connectivity index (χ4n) is 9.25. The predicted molar refractivity (Wildman–Crippen MR) is 182 cm³/mol. The molecule has 0 fully saturated rings. The lowest BCUT2D eigenvalue weighted by Gasteiger charge is -2.48. The van der Waals surface area contributed by atoms with Gasteiger partial charge in [0.05, 0.1) is 0 Å². The van der Waals surface area contributed by atoms with Gasteiger partial charge in [0.15, 0.2) is 0 Å². The molecule has 10 rings (SSSR count). The zero-order chi connectivity index (χ0) is 28.3. The van der Waals surface area contributed by atoms with Crippen LogP contribution in [0.5, 0.6) is 0 Å². The summed E-state index contributed by atoms with van der Waals surface area (Å²) in [6.07, 6.45) is 0. The molecule has 0 radical (unpaired) electrons. The van der Waals surface area contributed by atoms with Gasteiger partial charge in [-0.25, -0.2) is 0 Å². The van der Waals surface area contributed by atoms with Gasteiger partial charge < -0.3 is 9.38 Å². The molecule has 6 aromatic rings. The first kappa shape index (κ1) is 23.3. The number of hydrogen-bond acceptors (Lipinski definition) is 1. The first-order chi connectivity index (χ1) is 20.3. The van der Waals surface area contributed by atoms with E-state index in [2.05, 4.69) is 140 Å². The van der Waals surface area contributed by atoms with Crippen molar-refractivity contribution in [1.82, 2.24) is 4.48 Å². The van der Waals surface area contributed by atoms with Crippen molar-refractivity contribution in [1.29, 1.82) is 0 Å². The molecule has 0 spiro atoms. The summed E-state index contributed by atoms with van der Waals surface area (Å²) in [6, 6.07) is 37.5. The van der Waals surface area contributed by atoms with Crippen LogP contribution in [-0.4, -0.2) is 19.4 Å². The maximum Gasteiger partial charge on any atom is 0.332 e. The lowest BCUT2D eigenvalue weighted by atomic mass is 9.44. The number of aromatic nitrogens is 1. The van der Waals surface area contributed by atoms with Gasteiger partial charge in [0.1, 0.15) is 8.07 Å². The Hall–Kier alpha value is -4.28. The van der Waals surface area contributed by atoms with Crippen LogP contribution in [-0.2, 0) is 5.41 Å². The number of aryl methyl sites for hydroxylation is 1. The molecule has 42 heavy (non-hydrogen) atoms. The summed E-state index contributed by atoms with van der Waals surface area (Å²) in [6.45, 7) is 12.4. The molecule has 0 atom stereocenters. The molecule has 2 nitrogen and oxygen atoms in total. The van der Waals surface area contributed by atoms with Gasteiger partial charge in [0.25, 0.3) is 0 Å². The zero-order valence-electron chi connectivity index (χ0n) is 24.7. The molecule has 200 valence electrons. The molecule has 0 bridgehead atoms. The fraction of sp³-hybridized carbons (Fsp3) is 0.158. The SMILES string of the molecule is Cc1cc2c3c(c1)N1c4ccccc4[Si](C)(C)c4cccc(c41)B3n1c3c(c4cccc-2c41)-c1ccccc1C3(C)C. The fourth-order valence-corrected chi connectivity index (χ4v) is 12.2. The number of para-hydroxylation sites is 3. The van der Waals surface area contributed by atoms with E-state index in [4.69, 9.17) is 0 Å². The third-order valence-electron chi connectivity index (χ3n) is 10.9. The van der Waals surface area contributed by atoms with Crippen molar-refractivity contribution in [2.24, 2.45) is 0 Å². The van der Waals surface area contributed by atoms with Crippen LogP contribution in [0.3, 0.4) is 0 Å². The topological polar surface area (TPSA) is 8.17 Å². The number of rotatable bonds is 0. The second-order valence-corrected chi connectivity index (χ2v) is 18.2. The molecule has 3 aliphatic heterocycles. The van der Waals surface area contributed by atoms with Crippen LogP contribution in [0.1, 0.15) is 30.7 Å². The van der Waals surface area contributed by atoms with Gasteiger partial charge >= 0.3 is 6.85 Å². The Balaban J connectivity index is 1.42. The minimum atomic E-state index is -1.93. The average molecular weight is 555 g/mol. The van der Waals surface area contributed by atoms with Gasteiger partial charge in [-0.15, -0.1) is 0 Å². The van der Waals surface area contributed by atoms with Crippen LogP contribution in [0.4, 0.5) is 17.1 Å². The summed E-state index contributed by atoms with van der Waals surface area (Å²) in [4.78, 5) is 2.63. The van der Waals surface area contributed by atoms with E-state index in [1.807, 2.05) is 0 Å². The highest BCUT2D eigenvalue weighted by Gasteiger charge is 2.51. The van der Waals surface area contributed by atoms with Crippen LogP contribution in [0, 0.1) is 6.92 Å². The van der Waals surface area contributed by atoms with Crippen molar-refractivity contribution in [2.45, 2.75) is 39.3 Å². The summed E-state index contributed by atoms with van der Waals surface area (Å²) < 4.78 is 2.78. The number of fused-ring (bicyclic) bond motifs is 11. The van der Waals surface area contributed by atoms with E-state index >= 15 is 0 Å². The lowest BCUT2D eigenvalue weighted by molar-refractivity contribution is 0.632. The summed E-state index contributed by atoms with van der Waals surface area (Å²) in [5, 5.41) is 4.47. The third kappa shape index (κ3) is 2.41. The van der Waals surface area contributed by atoms with E-state index in [-0.39, 0.29) is 12.3 Å². The van der Waals surface area contributed by atoms with Gasteiger partial charge in [-0.2, -0.15) is 0 Å². The molecular weight excluding hydrogens is 523 g/mol. The van der Waals surface area contributed by atoms with E-state index in [9.17, 15) is 0 Å². The van der Waals surface area contributed by atoms with E-state index in [1.54, 1.807) is 5.19 Å². The molecular formula is C38H31BN2Si. The molecule has 1 aliphatic carbocycles. The van der Waals surface area contributed by atoms with Crippen molar-refractivity contribution in [3.8, 4) is 22.3 Å². The standard InChI is InChI=1S/C38H31BN2Si/c1-22-20-26-23-13-10-14-25-33-24-12-6-7-15-27(24)38(2,3)37(33)41(35(23)25)39-28-16-11-19-32-36(28)40(30(21-22)34(26)39)29-17-8-9-18-31(29)42(32,4)5/h6-21H,1-5H3. The van der Waals surface area contributed by atoms with Gasteiger partial charge in [-0.3, -0.25) is 0 Å². The van der Waals surface area contributed by atoms with Gasteiger partial charge in [-0.1, -0.05) is 112 Å². The molecule has 4 heteroatoms. The van der Waals surface area contributed by atoms with E-state index < -0.39 is 8.07 Å². The highest BCUT2D eigenvalue weighted by Crippen LogP contribution is 2.55. The summed E-state index contributed by atoms with van der Waals surface area (Å²) in [5.74, 6) is 0. The van der Waals surface area contributed by atoms with E-state index in [0.717, 1.165) is 0 Å². The number of benzene rings is 5. The summed E-state index contributed by atoms with van der Waals surface area (Å²) >= 11 is 0.